The predicted octanol–water partition coefficient (Wildman–Crippen LogP) is 3.35. The highest BCUT2D eigenvalue weighted by molar-refractivity contribution is 9.10. The van der Waals surface area contributed by atoms with Gasteiger partial charge in [0.25, 0.3) is 0 Å². The fraction of sp³-hybridized carbons (Fsp3) is 0.222. The van der Waals surface area contributed by atoms with Crippen LogP contribution in [0.25, 0.3) is 11.0 Å². The Balaban J connectivity index is 2.76. The van der Waals surface area contributed by atoms with Crippen molar-refractivity contribution in [1.82, 2.24) is 9.55 Å². The van der Waals surface area contributed by atoms with E-state index in [9.17, 15) is 13.2 Å². The summed E-state index contributed by atoms with van der Waals surface area (Å²) in [5, 5.41) is 0. The number of benzene rings is 1. The van der Waals surface area contributed by atoms with Gasteiger partial charge in [-0.05, 0) is 12.1 Å². The number of hydrogen-bond donors (Lipinski definition) is 0. The number of alkyl halides is 3. The second kappa shape index (κ2) is 3.23. The van der Waals surface area contributed by atoms with E-state index in [4.69, 9.17) is 0 Å². The highest BCUT2D eigenvalue weighted by Crippen LogP contribution is 2.36. The lowest BCUT2D eigenvalue weighted by molar-refractivity contribution is -0.138. The van der Waals surface area contributed by atoms with Crippen molar-refractivity contribution in [1.29, 1.82) is 0 Å². The average molecular weight is 279 g/mol. The zero-order valence-corrected chi connectivity index (χ0v) is 9.22. The molecule has 0 aliphatic carbocycles. The van der Waals surface area contributed by atoms with Crippen LogP contribution in [0.3, 0.4) is 0 Å². The van der Waals surface area contributed by atoms with Crippen LogP contribution in [0, 0.1) is 0 Å². The number of fused-ring (bicyclic) bond motifs is 1. The number of halogens is 4. The van der Waals surface area contributed by atoms with Crippen LogP contribution in [0.1, 0.15) is 5.56 Å². The number of imidazole rings is 1. The van der Waals surface area contributed by atoms with Gasteiger partial charge in [-0.15, -0.1) is 0 Å². The van der Waals surface area contributed by atoms with Gasteiger partial charge in [-0.25, -0.2) is 4.98 Å². The van der Waals surface area contributed by atoms with Crippen molar-refractivity contribution >= 4 is 27.0 Å². The molecule has 2 aromatic rings. The van der Waals surface area contributed by atoms with E-state index in [1.807, 2.05) is 0 Å². The van der Waals surface area contributed by atoms with E-state index in [1.54, 1.807) is 11.6 Å². The van der Waals surface area contributed by atoms with Crippen LogP contribution in [-0.4, -0.2) is 9.55 Å². The normalized spacial score (nSPS) is 12.3. The maximum absolute atomic E-state index is 12.6. The molecule has 0 aliphatic heterocycles. The van der Waals surface area contributed by atoms with Crippen LogP contribution in [0.15, 0.2) is 22.9 Å². The largest absolute Gasteiger partial charge is 0.417 e. The second-order valence-corrected chi connectivity index (χ2v) is 4.03. The van der Waals surface area contributed by atoms with Gasteiger partial charge < -0.3 is 4.57 Å². The first-order valence-corrected chi connectivity index (χ1v) is 4.86. The molecule has 0 saturated carbocycles. The zero-order chi connectivity index (χ0) is 11.2. The first kappa shape index (κ1) is 10.5. The Kier molecular flexibility index (Phi) is 2.26. The minimum Gasteiger partial charge on any atom is -0.334 e. The van der Waals surface area contributed by atoms with Gasteiger partial charge in [-0.2, -0.15) is 13.2 Å². The molecule has 15 heavy (non-hydrogen) atoms. The maximum Gasteiger partial charge on any atom is 0.417 e. The Morgan fingerprint density at radius 1 is 1.33 bits per heavy atom. The molecule has 0 N–H and O–H groups in total. The first-order chi connectivity index (χ1) is 6.89. The highest BCUT2D eigenvalue weighted by Gasteiger charge is 2.33. The van der Waals surface area contributed by atoms with E-state index in [1.165, 1.54) is 12.4 Å². The molecule has 1 aromatic heterocycles. The molecule has 6 heteroatoms. The molecule has 0 fully saturated rings. The molecule has 80 valence electrons. The van der Waals surface area contributed by atoms with Crippen molar-refractivity contribution in [2.45, 2.75) is 6.18 Å². The molecule has 0 unspecified atom stereocenters. The predicted molar refractivity (Wildman–Crippen MR) is 53.4 cm³/mol. The third-order valence-electron chi connectivity index (χ3n) is 2.12. The van der Waals surface area contributed by atoms with Crippen molar-refractivity contribution in [2.24, 2.45) is 7.05 Å². The lowest BCUT2D eigenvalue weighted by atomic mass is 10.2. The summed E-state index contributed by atoms with van der Waals surface area (Å²) in [5.41, 5.74) is 0.321. The fourth-order valence-electron chi connectivity index (χ4n) is 1.37. The van der Waals surface area contributed by atoms with Crippen molar-refractivity contribution in [2.75, 3.05) is 0 Å². The summed E-state index contributed by atoms with van der Waals surface area (Å²) in [6.07, 6.45) is -2.87. The molecule has 1 heterocycles. The molecular weight excluding hydrogens is 273 g/mol. The number of nitrogens with zero attached hydrogens (tertiary/aromatic N) is 2. The summed E-state index contributed by atoms with van der Waals surface area (Å²) >= 11 is 2.89. The quantitative estimate of drug-likeness (QED) is 0.723. The Morgan fingerprint density at radius 3 is 2.60 bits per heavy atom. The minimum absolute atomic E-state index is 0.0150. The summed E-state index contributed by atoms with van der Waals surface area (Å²) in [4.78, 5) is 3.97. The summed E-state index contributed by atoms with van der Waals surface area (Å²) in [6.45, 7) is 0. The third kappa shape index (κ3) is 1.73. The van der Waals surface area contributed by atoms with Crippen molar-refractivity contribution < 1.29 is 13.2 Å². The molecule has 1 aromatic carbocycles. The van der Waals surface area contributed by atoms with Crippen LogP contribution in [0.4, 0.5) is 13.2 Å². The summed E-state index contributed by atoms with van der Waals surface area (Å²) in [7, 11) is 1.66. The topological polar surface area (TPSA) is 17.8 Å². The lowest BCUT2D eigenvalue weighted by Gasteiger charge is -2.09. The molecule has 2 nitrogen and oxygen atoms in total. The van der Waals surface area contributed by atoms with E-state index in [2.05, 4.69) is 20.9 Å². The molecule has 0 saturated heterocycles. The van der Waals surface area contributed by atoms with Crippen molar-refractivity contribution in [3.63, 3.8) is 0 Å². The van der Waals surface area contributed by atoms with Gasteiger partial charge in [0.2, 0.25) is 0 Å². The zero-order valence-electron chi connectivity index (χ0n) is 7.64. The molecule has 0 radical (unpaired) electrons. The lowest BCUT2D eigenvalue weighted by Crippen LogP contribution is -2.06. The van der Waals surface area contributed by atoms with Gasteiger partial charge in [0.05, 0.1) is 22.9 Å². The second-order valence-electron chi connectivity index (χ2n) is 3.17. The monoisotopic (exact) mass is 278 g/mol. The number of rotatable bonds is 0. The molecule has 2 rings (SSSR count). The van der Waals surface area contributed by atoms with E-state index in [0.29, 0.717) is 11.0 Å². The van der Waals surface area contributed by atoms with Gasteiger partial charge in [-0.3, -0.25) is 0 Å². The minimum atomic E-state index is -4.35. The molecule has 0 spiro atoms. The molecule has 0 atom stereocenters. The van der Waals surface area contributed by atoms with Crippen molar-refractivity contribution in [3.05, 3.63) is 28.5 Å². The third-order valence-corrected chi connectivity index (χ3v) is 2.78. The highest BCUT2D eigenvalue weighted by atomic mass is 79.9. The van der Waals surface area contributed by atoms with E-state index < -0.39 is 11.7 Å². The van der Waals surface area contributed by atoms with Crippen LogP contribution >= 0.6 is 15.9 Å². The fourth-order valence-corrected chi connectivity index (χ4v) is 1.92. The average Bonchev–Trinajstić information content (AvgIpc) is 2.44. The van der Waals surface area contributed by atoms with Crippen LogP contribution in [0.2, 0.25) is 0 Å². The smallest absolute Gasteiger partial charge is 0.334 e. The molecule has 0 amide bonds. The Bertz CT molecular complexity index is 516. The molecule has 0 aliphatic rings. The molecule has 0 bridgehead atoms. The number of hydrogen-bond acceptors (Lipinski definition) is 1. The van der Waals surface area contributed by atoms with Gasteiger partial charge in [0.15, 0.2) is 0 Å². The van der Waals surface area contributed by atoms with E-state index in [0.717, 1.165) is 6.07 Å². The Labute approximate surface area is 91.8 Å². The SMILES string of the molecule is Cn1cnc2cc(Br)c(C(F)(F)F)cc21. The van der Waals surface area contributed by atoms with Gasteiger partial charge in [0.1, 0.15) is 0 Å². The summed E-state index contributed by atoms with van der Waals surface area (Å²) < 4.78 is 39.2. The summed E-state index contributed by atoms with van der Waals surface area (Å²) in [6, 6.07) is 2.46. The Hall–Kier alpha value is -1.04. The van der Waals surface area contributed by atoms with Crippen LogP contribution in [0.5, 0.6) is 0 Å². The standard InChI is InChI=1S/C9H6BrF3N2/c1-15-4-14-7-3-6(10)5(2-8(7)15)9(11,12)13/h2-4H,1H3. The number of aryl methyl sites for hydroxylation is 1. The maximum atomic E-state index is 12.6. The first-order valence-electron chi connectivity index (χ1n) is 4.07. The van der Waals surface area contributed by atoms with Gasteiger partial charge in [0, 0.05) is 11.5 Å². The van der Waals surface area contributed by atoms with Gasteiger partial charge in [-0.1, -0.05) is 15.9 Å². The molecular formula is C9H6BrF3N2. The van der Waals surface area contributed by atoms with Crippen LogP contribution < -0.4 is 0 Å². The van der Waals surface area contributed by atoms with Crippen LogP contribution in [-0.2, 0) is 13.2 Å². The van der Waals surface area contributed by atoms with Crippen molar-refractivity contribution in [3.8, 4) is 0 Å². The Morgan fingerprint density at radius 2 is 2.00 bits per heavy atom. The van der Waals surface area contributed by atoms with E-state index in [-0.39, 0.29) is 4.47 Å². The van der Waals surface area contributed by atoms with Gasteiger partial charge >= 0.3 is 6.18 Å². The van der Waals surface area contributed by atoms with E-state index >= 15 is 0 Å². The summed E-state index contributed by atoms with van der Waals surface area (Å²) in [5.74, 6) is 0. The number of aromatic nitrogens is 2.